The average Bonchev–Trinajstić information content (AvgIpc) is 3.45. The summed E-state index contributed by atoms with van der Waals surface area (Å²) in [5, 5.41) is 2.75. The number of likely N-dealkylation sites (N-methyl/N-ethyl adjacent to an activating group) is 1. The molecule has 0 bridgehead atoms. The van der Waals surface area contributed by atoms with Gasteiger partial charge in [0.1, 0.15) is 29.6 Å². The second kappa shape index (κ2) is 10.7. The Kier molecular flexibility index (Phi) is 7.70. The zero-order valence-corrected chi connectivity index (χ0v) is 21.0. The van der Waals surface area contributed by atoms with Crippen LogP contribution >= 0.6 is 0 Å². The summed E-state index contributed by atoms with van der Waals surface area (Å²) < 4.78 is 55.8. The first-order valence-electron chi connectivity index (χ1n) is 12.1. The number of alkyl halides is 3. The van der Waals surface area contributed by atoms with E-state index in [4.69, 9.17) is 4.98 Å². The normalized spacial score (nSPS) is 16.0. The summed E-state index contributed by atoms with van der Waals surface area (Å²) >= 11 is 0. The third-order valence-corrected chi connectivity index (χ3v) is 6.84. The molecule has 38 heavy (non-hydrogen) atoms. The van der Waals surface area contributed by atoms with Crippen LogP contribution in [-0.2, 0) is 23.9 Å². The largest absolute Gasteiger partial charge is 0.419 e. The molecule has 0 aliphatic carbocycles. The van der Waals surface area contributed by atoms with Crippen LogP contribution in [0.3, 0.4) is 0 Å². The van der Waals surface area contributed by atoms with Crippen LogP contribution in [0.5, 0.6) is 0 Å². The predicted molar refractivity (Wildman–Crippen MR) is 133 cm³/mol. The van der Waals surface area contributed by atoms with E-state index in [0.717, 1.165) is 48.7 Å². The lowest BCUT2D eigenvalue weighted by atomic mass is 9.95. The Morgan fingerprint density at radius 3 is 2.58 bits per heavy atom. The predicted octanol–water partition coefficient (Wildman–Crippen LogP) is 3.11. The Bertz CT molecular complexity index is 1320. The lowest BCUT2D eigenvalue weighted by Gasteiger charge is -2.33. The van der Waals surface area contributed by atoms with Crippen LogP contribution in [0.1, 0.15) is 35.7 Å². The van der Waals surface area contributed by atoms with E-state index >= 15 is 0 Å². The van der Waals surface area contributed by atoms with Crippen LogP contribution in [0.15, 0.2) is 30.7 Å². The molecule has 0 radical (unpaired) electrons. The number of rotatable bonds is 6. The van der Waals surface area contributed by atoms with Crippen LogP contribution in [0, 0.1) is 5.82 Å². The SMILES string of the molecule is CN(C)CCn1cc(-c2ccc(F)c(C(F)(F)F)c2)nc1C1CCN(c2ncnc3c2CC(=O)N3)CC1.O. The number of hydrogen-bond acceptors (Lipinski definition) is 6. The summed E-state index contributed by atoms with van der Waals surface area (Å²) in [7, 11) is 3.90. The highest BCUT2D eigenvalue weighted by Crippen LogP contribution is 2.37. The van der Waals surface area contributed by atoms with E-state index in [-0.39, 0.29) is 29.3 Å². The van der Waals surface area contributed by atoms with E-state index in [9.17, 15) is 22.4 Å². The third-order valence-electron chi connectivity index (χ3n) is 6.84. The number of fused-ring (bicyclic) bond motifs is 1. The second-order valence-corrected chi connectivity index (χ2v) is 9.68. The second-order valence-electron chi connectivity index (χ2n) is 9.68. The van der Waals surface area contributed by atoms with E-state index in [1.807, 2.05) is 23.6 Å². The van der Waals surface area contributed by atoms with Crippen molar-refractivity contribution in [2.45, 2.75) is 37.9 Å². The summed E-state index contributed by atoms with van der Waals surface area (Å²) in [6.45, 7) is 2.73. The number of piperidine rings is 1. The van der Waals surface area contributed by atoms with Crippen molar-refractivity contribution in [1.82, 2.24) is 24.4 Å². The summed E-state index contributed by atoms with van der Waals surface area (Å²) in [5.41, 5.74) is 0.121. The van der Waals surface area contributed by atoms with Gasteiger partial charge < -0.3 is 25.2 Å². The monoisotopic (exact) mass is 535 g/mol. The van der Waals surface area contributed by atoms with Gasteiger partial charge in [-0.05, 0) is 45.1 Å². The van der Waals surface area contributed by atoms with Crippen molar-refractivity contribution < 1.29 is 27.8 Å². The Balaban J connectivity index is 0.00000336. The number of halogens is 4. The van der Waals surface area contributed by atoms with Crippen molar-refractivity contribution in [1.29, 1.82) is 0 Å². The molecule has 13 heteroatoms. The van der Waals surface area contributed by atoms with Gasteiger partial charge in [0, 0.05) is 49.4 Å². The molecule has 4 heterocycles. The van der Waals surface area contributed by atoms with Gasteiger partial charge in [-0.3, -0.25) is 4.79 Å². The number of benzene rings is 1. The van der Waals surface area contributed by atoms with Crippen LogP contribution in [0.25, 0.3) is 11.3 Å². The van der Waals surface area contributed by atoms with Gasteiger partial charge in [0.2, 0.25) is 5.91 Å². The Hall–Kier alpha value is -3.58. The zero-order chi connectivity index (χ0) is 26.3. The summed E-state index contributed by atoms with van der Waals surface area (Å²) in [5.74, 6) is 0.798. The number of imidazole rings is 1. The van der Waals surface area contributed by atoms with Gasteiger partial charge in [-0.2, -0.15) is 13.2 Å². The number of aromatic nitrogens is 4. The fourth-order valence-electron chi connectivity index (χ4n) is 4.92. The minimum absolute atomic E-state index is 0. The Morgan fingerprint density at radius 2 is 1.89 bits per heavy atom. The topological polar surface area (TPSA) is 111 Å². The summed E-state index contributed by atoms with van der Waals surface area (Å²) in [6.07, 6.45) is 0.189. The number of nitrogens with zero attached hydrogens (tertiary/aromatic N) is 6. The maximum Gasteiger partial charge on any atom is 0.419 e. The van der Waals surface area contributed by atoms with Gasteiger partial charge >= 0.3 is 6.18 Å². The van der Waals surface area contributed by atoms with E-state index in [1.54, 1.807) is 6.20 Å². The number of nitrogens with one attached hydrogen (secondary N) is 1. The fraction of sp³-hybridized carbons (Fsp3) is 0.440. The van der Waals surface area contributed by atoms with Gasteiger partial charge in [0.25, 0.3) is 0 Å². The molecule has 3 N–H and O–H groups in total. The molecular weight excluding hydrogens is 506 g/mol. The first-order valence-corrected chi connectivity index (χ1v) is 12.1. The van der Waals surface area contributed by atoms with Crippen LogP contribution in [-0.4, -0.2) is 69.5 Å². The van der Waals surface area contributed by atoms with Crippen molar-refractivity contribution in [3.05, 3.63) is 53.5 Å². The summed E-state index contributed by atoms with van der Waals surface area (Å²) in [6, 6.07) is 3.00. The molecule has 1 aromatic carbocycles. The van der Waals surface area contributed by atoms with Gasteiger partial charge in [0.15, 0.2) is 0 Å². The maximum absolute atomic E-state index is 13.9. The molecule has 0 spiro atoms. The van der Waals surface area contributed by atoms with Crippen molar-refractivity contribution >= 4 is 17.5 Å². The minimum Gasteiger partial charge on any atom is -0.412 e. The highest BCUT2D eigenvalue weighted by molar-refractivity contribution is 5.99. The molecule has 2 aliphatic heterocycles. The zero-order valence-electron chi connectivity index (χ0n) is 21.0. The number of amides is 1. The maximum atomic E-state index is 13.9. The standard InChI is InChI=1S/C25H27F4N7O.H2O/c1-34(2)9-10-36-13-20(16-3-4-19(26)18(11-16)25(27,28)29)32-23(36)15-5-7-35(8-6-15)24-17-12-21(37)33-22(17)30-14-31-24;/h3-4,11,13-15H,5-10,12H2,1-2H3,(H,30,31,33,37);1H2. The molecule has 1 saturated heterocycles. The van der Waals surface area contributed by atoms with E-state index < -0.39 is 17.6 Å². The highest BCUT2D eigenvalue weighted by Gasteiger charge is 2.35. The first-order chi connectivity index (χ1) is 17.6. The van der Waals surface area contributed by atoms with Crippen molar-refractivity contribution in [3.8, 4) is 11.3 Å². The van der Waals surface area contributed by atoms with Crippen LogP contribution < -0.4 is 10.2 Å². The molecule has 2 aromatic heterocycles. The molecule has 0 saturated carbocycles. The number of carbonyl (C=O) groups is 1. The Morgan fingerprint density at radius 1 is 1.16 bits per heavy atom. The molecule has 1 fully saturated rings. The molecule has 0 unspecified atom stereocenters. The molecule has 1 amide bonds. The fourth-order valence-corrected chi connectivity index (χ4v) is 4.92. The lowest BCUT2D eigenvalue weighted by Crippen LogP contribution is -2.35. The van der Waals surface area contributed by atoms with Crippen LogP contribution in [0.2, 0.25) is 0 Å². The molecule has 204 valence electrons. The van der Waals surface area contributed by atoms with E-state index in [1.165, 1.54) is 12.4 Å². The number of carbonyl (C=O) groups excluding carboxylic acids is 1. The smallest absolute Gasteiger partial charge is 0.412 e. The number of hydrogen-bond donors (Lipinski definition) is 1. The molecule has 5 rings (SSSR count). The minimum atomic E-state index is -4.79. The van der Waals surface area contributed by atoms with Gasteiger partial charge in [0.05, 0.1) is 17.7 Å². The molecule has 3 aromatic rings. The van der Waals surface area contributed by atoms with Crippen molar-refractivity contribution in [2.24, 2.45) is 0 Å². The van der Waals surface area contributed by atoms with Crippen LogP contribution in [0.4, 0.5) is 29.2 Å². The van der Waals surface area contributed by atoms with E-state index in [0.29, 0.717) is 31.1 Å². The van der Waals surface area contributed by atoms with Gasteiger partial charge in [-0.1, -0.05) is 0 Å². The van der Waals surface area contributed by atoms with Gasteiger partial charge in [-0.25, -0.2) is 19.3 Å². The summed E-state index contributed by atoms with van der Waals surface area (Å²) in [4.78, 5) is 29.3. The highest BCUT2D eigenvalue weighted by atomic mass is 19.4. The molecule has 9 nitrogen and oxygen atoms in total. The number of anilines is 2. The molecule has 2 aliphatic rings. The lowest BCUT2D eigenvalue weighted by molar-refractivity contribution is -0.140. The quantitative estimate of drug-likeness (QED) is 0.486. The third kappa shape index (κ3) is 5.48. The van der Waals surface area contributed by atoms with E-state index in [2.05, 4.69) is 20.2 Å². The Labute approximate surface area is 216 Å². The average molecular weight is 536 g/mol. The van der Waals surface area contributed by atoms with Gasteiger partial charge in [-0.15, -0.1) is 0 Å². The first kappa shape index (κ1) is 27.5. The van der Waals surface area contributed by atoms with Crippen molar-refractivity contribution in [3.63, 3.8) is 0 Å². The molecule has 0 atom stereocenters. The molecular formula is C25H29F4N7O2. The van der Waals surface area contributed by atoms with Crippen molar-refractivity contribution in [2.75, 3.05) is 43.9 Å².